The Morgan fingerprint density at radius 1 is 1.28 bits per heavy atom. The monoisotopic (exact) mass is 346 g/mol. The van der Waals surface area contributed by atoms with Crippen molar-refractivity contribution in [2.24, 2.45) is 5.41 Å². The molecule has 1 aliphatic carbocycles. The lowest BCUT2D eigenvalue weighted by atomic mass is 10.1. The Kier molecular flexibility index (Phi) is 4.62. The van der Waals surface area contributed by atoms with E-state index in [0.29, 0.717) is 13.1 Å². The summed E-state index contributed by atoms with van der Waals surface area (Å²) in [5.74, 6) is 0. The molecule has 1 aliphatic heterocycles. The molecule has 1 heterocycles. The molecule has 3 rings (SSSR count). The molecule has 6 heteroatoms. The smallest absolute Gasteiger partial charge is 0.410 e. The summed E-state index contributed by atoms with van der Waals surface area (Å²) in [6.07, 6.45) is 1.09. The van der Waals surface area contributed by atoms with Crippen molar-refractivity contribution in [3.05, 3.63) is 35.9 Å². The van der Waals surface area contributed by atoms with Gasteiger partial charge in [-0.2, -0.15) is 0 Å². The van der Waals surface area contributed by atoms with Crippen molar-refractivity contribution in [1.29, 1.82) is 0 Å². The molecule has 0 aromatic heterocycles. The fourth-order valence-corrected chi connectivity index (χ4v) is 3.29. The second-order valence-corrected chi connectivity index (χ2v) is 7.98. The number of carbonyl (C=O) groups excluding carboxylic acids is 2. The first-order chi connectivity index (χ1) is 11.8. The quantitative estimate of drug-likeness (QED) is 0.912. The molecule has 1 aromatic carbocycles. The largest absolute Gasteiger partial charge is 0.445 e. The zero-order chi connectivity index (χ0) is 18.1. The number of benzene rings is 1. The predicted octanol–water partition coefficient (Wildman–Crippen LogP) is 3.31. The number of amides is 2. The molecule has 25 heavy (non-hydrogen) atoms. The number of nitrogens with zero attached hydrogens (tertiary/aromatic N) is 1. The zero-order valence-corrected chi connectivity index (χ0v) is 15.1. The van der Waals surface area contributed by atoms with Crippen LogP contribution in [0.3, 0.4) is 0 Å². The fraction of sp³-hybridized carbons (Fsp3) is 0.579. The minimum atomic E-state index is -0.491. The van der Waals surface area contributed by atoms with Gasteiger partial charge in [0.2, 0.25) is 0 Å². The summed E-state index contributed by atoms with van der Waals surface area (Å²) < 4.78 is 10.7. The van der Waals surface area contributed by atoms with E-state index in [4.69, 9.17) is 9.47 Å². The Balaban J connectivity index is 1.43. The fourth-order valence-electron chi connectivity index (χ4n) is 3.29. The molecule has 1 N–H and O–H groups in total. The van der Waals surface area contributed by atoms with Gasteiger partial charge in [-0.1, -0.05) is 30.3 Å². The minimum absolute atomic E-state index is 0.0112. The van der Waals surface area contributed by atoms with Crippen molar-refractivity contribution in [3.8, 4) is 0 Å². The molecule has 0 bridgehead atoms. The Labute approximate surface area is 148 Å². The molecule has 1 saturated carbocycles. The Bertz CT molecular complexity index is 641. The molecule has 2 fully saturated rings. The first-order valence-electron chi connectivity index (χ1n) is 8.73. The second kappa shape index (κ2) is 6.58. The van der Waals surface area contributed by atoms with Gasteiger partial charge in [0.25, 0.3) is 0 Å². The van der Waals surface area contributed by atoms with Crippen LogP contribution in [0.5, 0.6) is 0 Å². The summed E-state index contributed by atoms with van der Waals surface area (Å²) in [6.45, 7) is 7.15. The highest BCUT2D eigenvalue weighted by Gasteiger charge is 2.59. The molecular weight excluding hydrogens is 320 g/mol. The third kappa shape index (κ3) is 4.44. The number of alkyl carbamates (subject to hydrolysis) is 1. The van der Waals surface area contributed by atoms with Gasteiger partial charge in [-0.3, -0.25) is 0 Å². The molecule has 2 amide bonds. The molecule has 0 radical (unpaired) electrons. The van der Waals surface area contributed by atoms with E-state index in [1.54, 1.807) is 4.90 Å². The summed E-state index contributed by atoms with van der Waals surface area (Å²) in [5, 5.41) is 2.92. The van der Waals surface area contributed by atoms with Crippen molar-refractivity contribution in [2.75, 3.05) is 13.1 Å². The van der Waals surface area contributed by atoms with E-state index in [0.717, 1.165) is 18.4 Å². The summed E-state index contributed by atoms with van der Waals surface area (Å²) in [6, 6.07) is 9.66. The lowest BCUT2D eigenvalue weighted by Gasteiger charge is -2.24. The Morgan fingerprint density at radius 2 is 2.00 bits per heavy atom. The standard InChI is InChI=1S/C19H26N2O4/c1-18(2,3)25-17(23)21-10-9-19(13-21)11-15(19)20-16(22)24-12-14-7-5-4-6-8-14/h4-8,15H,9-13H2,1-3H3,(H,20,22)/t15-,19+/m1/s1. The van der Waals surface area contributed by atoms with Crippen LogP contribution in [0.4, 0.5) is 9.59 Å². The lowest BCUT2D eigenvalue weighted by molar-refractivity contribution is 0.0285. The molecule has 0 unspecified atom stereocenters. The number of carbonyl (C=O) groups is 2. The molecule has 2 aliphatic rings. The number of rotatable bonds is 3. The zero-order valence-electron chi connectivity index (χ0n) is 15.1. The van der Waals surface area contributed by atoms with Crippen molar-refractivity contribution < 1.29 is 19.1 Å². The topological polar surface area (TPSA) is 67.9 Å². The lowest BCUT2D eigenvalue weighted by Crippen LogP contribution is -2.36. The van der Waals surface area contributed by atoms with Crippen LogP contribution in [0.15, 0.2) is 30.3 Å². The van der Waals surface area contributed by atoms with Gasteiger partial charge in [0.1, 0.15) is 12.2 Å². The highest BCUT2D eigenvalue weighted by Crippen LogP contribution is 2.53. The second-order valence-electron chi connectivity index (χ2n) is 7.98. The third-order valence-electron chi connectivity index (χ3n) is 4.73. The van der Waals surface area contributed by atoms with Crippen LogP contribution in [0.1, 0.15) is 39.2 Å². The van der Waals surface area contributed by atoms with Gasteiger partial charge in [0, 0.05) is 24.5 Å². The molecule has 6 nitrogen and oxygen atoms in total. The first kappa shape index (κ1) is 17.6. The van der Waals surface area contributed by atoms with Crippen molar-refractivity contribution in [1.82, 2.24) is 10.2 Å². The van der Waals surface area contributed by atoms with Crippen LogP contribution in [0.25, 0.3) is 0 Å². The van der Waals surface area contributed by atoms with E-state index in [-0.39, 0.29) is 24.2 Å². The molecular formula is C19H26N2O4. The average Bonchev–Trinajstić information content (AvgIpc) is 3.00. The first-order valence-corrected chi connectivity index (χ1v) is 8.73. The Morgan fingerprint density at radius 3 is 2.68 bits per heavy atom. The van der Waals surface area contributed by atoms with Gasteiger partial charge in [0.15, 0.2) is 0 Å². The van der Waals surface area contributed by atoms with Crippen LogP contribution >= 0.6 is 0 Å². The summed E-state index contributed by atoms with van der Waals surface area (Å²) in [5.41, 5.74) is 0.456. The maximum Gasteiger partial charge on any atom is 0.410 e. The average molecular weight is 346 g/mol. The number of hydrogen-bond acceptors (Lipinski definition) is 4. The summed E-state index contributed by atoms with van der Waals surface area (Å²) >= 11 is 0. The maximum absolute atomic E-state index is 12.2. The van der Waals surface area contributed by atoms with E-state index in [2.05, 4.69) is 5.32 Å². The van der Waals surface area contributed by atoms with Crippen LogP contribution in [0, 0.1) is 5.41 Å². The highest BCUT2D eigenvalue weighted by atomic mass is 16.6. The Hall–Kier alpha value is -2.24. The van der Waals surface area contributed by atoms with Gasteiger partial charge in [-0.25, -0.2) is 9.59 Å². The van der Waals surface area contributed by atoms with Gasteiger partial charge < -0.3 is 19.7 Å². The van der Waals surface area contributed by atoms with Crippen LogP contribution < -0.4 is 5.32 Å². The van der Waals surface area contributed by atoms with E-state index >= 15 is 0 Å². The molecule has 2 atom stereocenters. The van der Waals surface area contributed by atoms with E-state index in [9.17, 15) is 9.59 Å². The number of nitrogens with one attached hydrogen (secondary N) is 1. The summed E-state index contributed by atoms with van der Waals surface area (Å²) in [4.78, 5) is 25.9. The van der Waals surface area contributed by atoms with Gasteiger partial charge in [-0.15, -0.1) is 0 Å². The molecule has 1 spiro atoms. The number of hydrogen-bond donors (Lipinski definition) is 1. The predicted molar refractivity (Wildman–Crippen MR) is 93.0 cm³/mol. The molecule has 1 aromatic rings. The van der Waals surface area contributed by atoms with Gasteiger partial charge >= 0.3 is 12.2 Å². The van der Waals surface area contributed by atoms with Crippen LogP contribution in [-0.4, -0.2) is 41.8 Å². The molecule has 136 valence electrons. The number of likely N-dealkylation sites (tertiary alicyclic amines) is 1. The normalized spacial score (nSPS) is 24.9. The third-order valence-corrected chi connectivity index (χ3v) is 4.73. The number of ether oxygens (including phenoxy) is 2. The highest BCUT2D eigenvalue weighted by molar-refractivity contribution is 5.70. The van der Waals surface area contributed by atoms with Crippen molar-refractivity contribution in [2.45, 2.75) is 51.9 Å². The van der Waals surface area contributed by atoms with E-state index in [1.807, 2.05) is 51.1 Å². The summed E-state index contributed by atoms with van der Waals surface area (Å²) in [7, 11) is 0. The minimum Gasteiger partial charge on any atom is -0.445 e. The van der Waals surface area contributed by atoms with Gasteiger partial charge in [0.05, 0.1) is 0 Å². The van der Waals surface area contributed by atoms with E-state index < -0.39 is 11.7 Å². The van der Waals surface area contributed by atoms with Gasteiger partial charge in [-0.05, 0) is 39.2 Å². The molecule has 1 saturated heterocycles. The SMILES string of the molecule is CC(C)(C)OC(=O)N1CC[C@]2(C[C@H]2NC(=O)OCc2ccccc2)C1. The van der Waals surface area contributed by atoms with Crippen LogP contribution in [0.2, 0.25) is 0 Å². The van der Waals surface area contributed by atoms with Crippen LogP contribution in [-0.2, 0) is 16.1 Å². The van der Waals surface area contributed by atoms with Crippen molar-refractivity contribution >= 4 is 12.2 Å². The maximum atomic E-state index is 12.2. The van der Waals surface area contributed by atoms with Crippen molar-refractivity contribution in [3.63, 3.8) is 0 Å². The van der Waals surface area contributed by atoms with E-state index in [1.165, 1.54) is 0 Å².